The summed E-state index contributed by atoms with van der Waals surface area (Å²) >= 11 is 0. The highest BCUT2D eigenvalue weighted by Gasteiger charge is 2.18. The second-order valence-electron chi connectivity index (χ2n) is 6.62. The van der Waals surface area contributed by atoms with Crippen LogP contribution < -0.4 is 15.4 Å². The van der Waals surface area contributed by atoms with Crippen molar-refractivity contribution in [3.05, 3.63) is 47.9 Å². The third-order valence-corrected chi connectivity index (χ3v) is 3.19. The number of nitrogens with zero attached hydrogens (tertiary/aromatic N) is 1. The number of methoxy groups -OCH3 is 1. The van der Waals surface area contributed by atoms with E-state index in [1.807, 2.05) is 20.8 Å². The molecule has 1 heterocycles. The largest absolute Gasteiger partial charge is 0.494 e. The molecule has 1 aromatic carbocycles. The number of anilines is 2. The predicted octanol–water partition coefficient (Wildman–Crippen LogP) is 3.75. The molecule has 0 atom stereocenters. The summed E-state index contributed by atoms with van der Waals surface area (Å²) in [4.78, 5) is 16.7. The van der Waals surface area contributed by atoms with Crippen molar-refractivity contribution in [1.82, 2.24) is 10.3 Å². The Bertz CT molecular complexity index is 709. The Morgan fingerprint density at radius 1 is 1.17 bits per heavy atom. The smallest absolute Gasteiger partial charge is 0.273 e. The molecule has 0 spiro atoms. The maximum Gasteiger partial charge on any atom is 0.273 e. The molecule has 0 saturated carbocycles. The average Bonchev–Trinajstić information content (AvgIpc) is 2.54. The van der Waals surface area contributed by atoms with E-state index in [1.165, 1.54) is 19.2 Å². The Morgan fingerprint density at radius 2 is 1.83 bits per heavy atom. The van der Waals surface area contributed by atoms with Crippen molar-refractivity contribution in [2.24, 2.45) is 5.41 Å². The zero-order valence-corrected chi connectivity index (χ0v) is 14.3. The van der Waals surface area contributed by atoms with E-state index in [-0.39, 0.29) is 22.8 Å². The van der Waals surface area contributed by atoms with Crippen LogP contribution in [-0.2, 0) is 0 Å². The Morgan fingerprint density at radius 3 is 2.42 bits per heavy atom. The van der Waals surface area contributed by atoms with E-state index in [1.54, 1.807) is 24.3 Å². The molecule has 2 N–H and O–H groups in total. The number of ether oxygens (including phenoxy) is 1. The van der Waals surface area contributed by atoms with Gasteiger partial charge in [0, 0.05) is 12.2 Å². The van der Waals surface area contributed by atoms with Gasteiger partial charge in [0.05, 0.1) is 7.11 Å². The molecule has 2 aromatic rings. The maximum absolute atomic E-state index is 13.0. The lowest BCUT2D eigenvalue weighted by molar-refractivity contribution is 0.0931. The van der Waals surface area contributed by atoms with Gasteiger partial charge in [0.25, 0.3) is 5.91 Å². The molecule has 0 fully saturated rings. The van der Waals surface area contributed by atoms with Crippen molar-refractivity contribution >= 4 is 17.4 Å². The van der Waals surface area contributed by atoms with Crippen molar-refractivity contribution in [3.63, 3.8) is 0 Å². The SMILES string of the molecule is COc1ccc(Nc2ccc(F)cc2)nc1C(=O)NCC(C)(C)C. The predicted molar refractivity (Wildman–Crippen MR) is 92.3 cm³/mol. The third-order valence-electron chi connectivity index (χ3n) is 3.19. The van der Waals surface area contributed by atoms with Gasteiger partial charge in [0.2, 0.25) is 0 Å². The second-order valence-corrected chi connectivity index (χ2v) is 6.62. The summed E-state index contributed by atoms with van der Waals surface area (Å²) in [6.45, 7) is 6.62. The minimum atomic E-state index is -0.314. The van der Waals surface area contributed by atoms with Gasteiger partial charge in [-0.15, -0.1) is 0 Å². The number of halogens is 1. The number of amides is 1. The normalized spacial score (nSPS) is 11.0. The van der Waals surface area contributed by atoms with Crippen LogP contribution >= 0.6 is 0 Å². The lowest BCUT2D eigenvalue weighted by Gasteiger charge is -2.19. The van der Waals surface area contributed by atoms with Crippen LogP contribution in [0.4, 0.5) is 15.9 Å². The van der Waals surface area contributed by atoms with Crippen molar-refractivity contribution in [2.75, 3.05) is 19.0 Å². The van der Waals surface area contributed by atoms with Gasteiger partial charge in [-0.05, 0) is 41.8 Å². The monoisotopic (exact) mass is 331 g/mol. The number of hydrogen-bond acceptors (Lipinski definition) is 4. The molecule has 0 aliphatic carbocycles. The molecule has 128 valence electrons. The van der Waals surface area contributed by atoms with Gasteiger partial charge in [-0.2, -0.15) is 0 Å². The molecule has 1 amide bonds. The summed E-state index contributed by atoms with van der Waals surface area (Å²) in [5, 5.41) is 5.89. The molecule has 0 unspecified atom stereocenters. The van der Waals surface area contributed by atoms with Gasteiger partial charge < -0.3 is 15.4 Å². The number of benzene rings is 1. The molecule has 0 saturated heterocycles. The molecular weight excluding hydrogens is 309 g/mol. The Hall–Kier alpha value is -2.63. The summed E-state index contributed by atoms with van der Waals surface area (Å²) in [7, 11) is 1.49. The molecule has 0 aliphatic heterocycles. The Labute approximate surface area is 141 Å². The first-order chi connectivity index (χ1) is 11.3. The first-order valence-electron chi connectivity index (χ1n) is 7.64. The van der Waals surface area contributed by atoms with E-state index in [4.69, 9.17) is 4.74 Å². The Balaban J connectivity index is 2.20. The number of rotatable bonds is 5. The van der Waals surface area contributed by atoms with E-state index < -0.39 is 0 Å². The summed E-state index contributed by atoms with van der Waals surface area (Å²) in [5.41, 5.74) is 0.844. The summed E-state index contributed by atoms with van der Waals surface area (Å²) in [6, 6.07) is 9.26. The van der Waals surface area contributed by atoms with Crippen LogP contribution in [-0.4, -0.2) is 24.5 Å². The number of aromatic nitrogens is 1. The van der Waals surface area contributed by atoms with E-state index >= 15 is 0 Å². The lowest BCUT2D eigenvalue weighted by atomic mass is 9.97. The Kier molecular flexibility index (Phi) is 5.39. The fourth-order valence-electron chi connectivity index (χ4n) is 1.95. The molecule has 6 heteroatoms. The fraction of sp³-hybridized carbons (Fsp3) is 0.333. The number of carbonyl (C=O) groups excluding carboxylic acids is 1. The van der Waals surface area contributed by atoms with Crippen LogP contribution in [0.1, 0.15) is 31.3 Å². The van der Waals surface area contributed by atoms with Gasteiger partial charge >= 0.3 is 0 Å². The topological polar surface area (TPSA) is 63.2 Å². The number of carbonyl (C=O) groups is 1. The molecule has 0 radical (unpaired) electrons. The minimum absolute atomic E-state index is 0.0349. The number of pyridine rings is 1. The highest BCUT2D eigenvalue weighted by Crippen LogP contribution is 2.22. The van der Waals surface area contributed by atoms with E-state index in [2.05, 4.69) is 15.6 Å². The van der Waals surface area contributed by atoms with Gasteiger partial charge in [-0.3, -0.25) is 4.79 Å². The first kappa shape index (κ1) is 17.7. The average molecular weight is 331 g/mol. The highest BCUT2D eigenvalue weighted by atomic mass is 19.1. The van der Waals surface area contributed by atoms with E-state index in [0.29, 0.717) is 23.8 Å². The van der Waals surface area contributed by atoms with Crippen LogP contribution in [0.3, 0.4) is 0 Å². The minimum Gasteiger partial charge on any atom is -0.494 e. The van der Waals surface area contributed by atoms with Gasteiger partial charge in [-0.1, -0.05) is 20.8 Å². The van der Waals surface area contributed by atoms with Gasteiger partial charge in [0.1, 0.15) is 17.4 Å². The maximum atomic E-state index is 13.0. The van der Waals surface area contributed by atoms with Crippen LogP contribution in [0.15, 0.2) is 36.4 Å². The number of hydrogen-bond donors (Lipinski definition) is 2. The fourth-order valence-corrected chi connectivity index (χ4v) is 1.95. The third kappa shape index (κ3) is 4.94. The quantitative estimate of drug-likeness (QED) is 0.876. The van der Waals surface area contributed by atoms with E-state index in [9.17, 15) is 9.18 Å². The van der Waals surface area contributed by atoms with Crippen molar-refractivity contribution < 1.29 is 13.9 Å². The molecule has 0 aliphatic rings. The van der Waals surface area contributed by atoms with Crippen LogP contribution in [0.2, 0.25) is 0 Å². The summed E-state index contributed by atoms with van der Waals surface area (Å²) in [5.74, 6) is 0.254. The zero-order chi connectivity index (χ0) is 17.7. The van der Waals surface area contributed by atoms with E-state index in [0.717, 1.165) is 0 Å². The van der Waals surface area contributed by atoms with Crippen molar-refractivity contribution in [1.29, 1.82) is 0 Å². The number of nitrogens with one attached hydrogen (secondary N) is 2. The molecule has 24 heavy (non-hydrogen) atoms. The van der Waals surface area contributed by atoms with Gasteiger partial charge in [-0.25, -0.2) is 9.37 Å². The van der Waals surface area contributed by atoms with Crippen LogP contribution in [0, 0.1) is 11.2 Å². The molecule has 5 nitrogen and oxygen atoms in total. The molecular formula is C18H22FN3O2. The van der Waals surface area contributed by atoms with Crippen molar-refractivity contribution in [2.45, 2.75) is 20.8 Å². The highest BCUT2D eigenvalue weighted by molar-refractivity contribution is 5.95. The molecule has 2 rings (SSSR count). The van der Waals surface area contributed by atoms with Crippen LogP contribution in [0.25, 0.3) is 0 Å². The summed E-state index contributed by atoms with van der Waals surface area (Å²) in [6.07, 6.45) is 0. The van der Waals surface area contributed by atoms with Crippen LogP contribution in [0.5, 0.6) is 5.75 Å². The molecule has 0 bridgehead atoms. The first-order valence-corrected chi connectivity index (χ1v) is 7.64. The molecule has 1 aromatic heterocycles. The standard InChI is InChI=1S/C18H22FN3O2/c1-18(2,3)11-20-17(23)16-14(24-4)9-10-15(22-16)21-13-7-5-12(19)6-8-13/h5-10H,11H2,1-4H3,(H,20,23)(H,21,22). The van der Waals surface area contributed by atoms with Gasteiger partial charge in [0.15, 0.2) is 5.69 Å². The summed E-state index contributed by atoms with van der Waals surface area (Å²) < 4.78 is 18.2. The van der Waals surface area contributed by atoms with Crippen molar-refractivity contribution in [3.8, 4) is 5.75 Å². The lowest BCUT2D eigenvalue weighted by Crippen LogP contribution is -2.33. The second kappa shape index (κ2) is 7.29. The zero-order valence-electron chi connectivity index (χ0n) is 14.3.